The van der Waals surface area contributed by atoms with Crippen molar-refractivity contribution < 1.29 is 27.1 Å². The predicted octanol–water partition coefficient (Wildman–Crippen LogP) is 4.28. The van der Waals surface area contributed by atoms with E-state index in [-0.39, 0.29) is 23.8 Å². The Balaban J connectivity index is 1.73. The van der Waals surface area contributed by atoms with Crippen molar-refractivity contribution in [1.29, 1.82) is 0 Å². The molecule has 1 heterocycles. The number of ether oxygens (including phenoxy) is 2. The first-order valence-corrected chi connectivity index (χ1v) is 12.8. The monoisotopic (exact) mass is 510 g/mol. The first-order chi connectivity index (χ1) is 17.3. The van der Waals surface area contributed by atoms with E-state index in [1.54, 1.807) is 31.2 Å². The average Bonchev–Trinajstić information content (AvgIpc) is 2.87. The molecule has 1 aliphatic rings. The van der Waals surface area contributed by atoms with Gasteiger partial charge in [-0.2, -0.15) is 0 Å². The molecule has 4 rings (SSSR count). The molecule has 0 atom stereocenters. The summed E-state index contributed by atoms with van der Waals surface area (Å²) in [5.41, 5.74) is 2.85. The van der Waals surface area contributed by atoms with Gasteiger partial charge in [-0.15, -0.1) is 0 Å². The van der Waals surface area contributed by atoms with Crippen molar-refractivity contribution >= 4 is 27.2 Å². The lowest BCUT2D eigenvalue weighted by Gasteiger charge is -2.33. The van der Waals surface area contributed by atoms with E-state index in [0.717, 1.165) is 11.1 Å². The summed E-state index contributed by atoms with van der Waals surface area (Å²) in [7, 11) is -1.24. The van der Waals surface area contributed by atoms with Crippen molar-refractivity contribution in [2.24, 2.45) is 0 Å². The number of halogens is 1. The smallest absolute Gasteiger partial charge is 0.270 e. The standard InChI is InChI=1S/C27H27FN2O5S/c1-18-22-15-24(34-2)25(35-3)16-23(22)30(17-20-7-5-4-6-8-20)36(32,33)26(18)27(31)29-14-13-19-9-11-21(28)12-10-19/h4-12,15-16H,13-14,17H2,1-3H3,(H,29,31). The number of sulfonamides is 1. The van der Waals surface area contributed by atoms with E-state index in [1.165, 1.54) is 30.7 Å². The Morgan fingerprint density at radius 3 is 2.22 bits per heavy atom. The number of nitrogens with zero attached hydrogens (tertiary/aromatic N) is 1. The zero-order chi connectivity index (χ0) is 25.9. The van der Waals surface area contributed by atoms with E-state index in [2.05, 4.69) is 5.32 Å². The molecule has 7 nitrogen and oxygen atoms in total. The summed E-state index contributed by atoms with van der Waals surface area (Å²) < 4.78 is 52.9. The lowest BCUT2D eigenvalue weighted by atomic mass is 10.0. The second kappa shape index (κ2) is 10.4. The Morgan fingerprint density at radius 1 is 0.944 bits per heavy atom. The summed E-state index contributed by atoms with van der Waals surface area (Å²) in [6, 6.07) is 18.4. The molecule has 0 fully saturated rings. The summed E-state index contributed by atoms with van der Waals surface area (Å²) >= 11 is 0. The van der Waals surface area contributed by atoms with Gasteiger partial charge in [0, 0.05) is 18.2 Å². The maximum Gasteiger partial charge on any atom is 0.270 e. The van der Waals surface area contributed by atoms with Crippen LogP contribution in [0.3, 0.4) is 0 Å². The fourth-order valence-corrected chi connectivity index (χ4v) is 5.94. The number of carbonyl (C=O) groups is 1. The maximum absolute atomic E-state index is 13.9. The van der Waals surface area contributed by atoms with Crippen LogP contribution in [0.15, 0.2) is 71.6 Å². The van der Waals surface area contributed by atoms with Gasteiger partial charge in [-0.25, -0.2) is 12.8 Å². The van der Waals surface area contributed by atoms with E-state index in [4.69, 9.17) is 9.47 Å². The molecule has 3 aromatic carbocycles. The molecular formula is C27H27FN2O5S. The van der Waals surface area contributed by atoms with E-state index >= 15 is 0 Å². The van der Waals surface area contributed by atoms with Crippen LogP contribution in [0, 0.1) is 5.82 Å². The van der Waals surface area contributed by atoms with Crippen LogP contribution in [0.25, 0.3) is 5.57 Å². The van der Waals surface area contributed by atoms with Gasteiger partial charge in [0.05, 0.1) is 26.5 Å². The van der Waals surface area contributed by atoms with Gasteiger partial charge in [-0.1, -0.05) is 42.5 Å². The lowest BCUT2D eigenvalue weighted by Crippen LogP contribution is -2.41. The summed E-state index contributed by atoms with van der Waals surface area (Å²) in [4.78, 5) is 12.9. The number of nitrogens with one attached hydrogen (secondary N) is 1. The fraction of sp³-hybridized carbons (Fsp3) is 0.222. The number of anilines is 1. The molecule has 1 aliphatic heterocycles. The predicted molar refractivity (Wildman–Crippen MR) is 137 cm³/mol. The van der Waals surface area contributed by atoms with Gasteiger partial charge in [-0.3, -0.25) is 9.10 Å². The number of fused-ring (bicyclic) bond motifs is 1. The summed E-state index contributed by atoms with van der Waals surface area (Å²) in [6.07, 6.45) is 0.424. The van der Waals surface area contributed by atoms with Crippen LogP contribution in [0.2, 0.25) is 0 Å². The molecule has 0 spiro atoms. The average molecular weight is 511 g/mol. The summed E-state index contributed by atoms with van der Waals surface area (Å²) in [5.74, 6) is -0.246. The molecule has 3 aromatic rings. The van der Waals surface area contributed by atoms with Gasteiger partial charge >= 0.3 is 0 Å². The highest BCUT2D eigenvalue weighted by Crippen LogP contribution is 2.45. The quantitative estimate of drug-likeness (QED) is 0.489. The molecule has 1 N–H and O–H groups in total. The van der Waals surface area contributed by atoms with E-state index in [9.17, 15) is 17.6 Å². The molecule has 0 aromatic heterocycles. The Kier molecular flexibility index (Phi) is 7.30. The van der Waals surface area contributed by atoms with Crippen molar-refractivity contribution in [3.05, 3.63) is 94.1 Å². The molecule has 0 saturated heterocycles. The molecule has 0 unspecified atom stereocenters. The maximum atomic E-state index is 13.9. The number of hydrogen-bond acceptors (Lipinski definition) is 5. The second-order valence-corrected chi connectivity index (χ2v) is 10.1. The number of benzene rings is 3. The van der Waals surface area contributed by atoms with Crippen LogP contribution in [0.1, 0.15) is 23.6 Å². The third-order valence-corrected chi connectivity index (χ3v) is 7.96. The Labute approximate surface area is 210 Å². The van der Waals surface area contributed by atoms with Gasteiger partial charge in [0.1, 0.15) is 5.82 Å². The zero-order valence-electron chi connectivity index (χ0n) is 20.2. The van der Waals surface area contributed by atoms with Crippen LogP contribution < -0.4 is 19.1 Å². The van der Waals surface area contributed by atoms with Crippen LogP contribution >= 0.6 is 0 Å². The van der Waals surface area contributed by atoms with E-state index < -0.39 is 15.9 Å². The van der Waals surface area contributed by atoms with Gasteiger partial charge in [0.2, 0.25) is 0 Å². The Bertz CT molecular complexity index is 1400. The number of amides is 1. The zero-order valence-corrected chi connectivity index (χ0v) is 21.1. The van der Waals surface area contributed by atoms with Gasteiger partial charge < -0.3 is 14.8 Å². The van der Waals surface area contributed by atoms with Crippen molar-refractivity contribution in [2.75, 3.05) is 25.1 Å². The lowest BCUT2D eigenvalue weighted by molar-refractivity contribution is -0.116. The van der Waals surface area contributed by atoms with Crippen molar-refractivity contribution in [3.8, 4) is 11.5 Å². The van der Waals surface area contributed by atoms with Crippen molar-refractivity contribution in [1.82, 2.24) is 5.32 Å². The minimum absolute atomic E-state index is 0.0330. The highest BCUT2D eigenvalue weighted by Gasteiger charge is 2.40. The first kappa shape index (κ1) is 25.2. The molecule has 0 bridgehead atoms. The largest absolute Gasteiger partial charge is 0.493 e. The van der Waals surface area contributed by atoms with Gasteiger partial charge in [0.15, 0.2) is 16.4 Å². The van der Waals surface area contributed by atoms with Crippen LogP contribution in [-0.2, 0) is 27.8 Å². The summed E-state index contributed by atoms with van der Waals surface area (Å²) in [5, 5.41) is 2.72. The molecule has 36 heavy (non-hydrogen) atoms. The molecule has 188 valence electrons. The number of methoxy groups -OCH3 is 2. The van der Waals surface area contributed by atoms with Crippen molar-refractivity contribution in [3.63, 3.8) is 0 Å². The molecule has 0 radical (unpaired) electrons. The normalized spacial score (nSPS) is 14.3. The van der Waals surface area contributed by atoms with Gasteiger partial charge in [-0.05, 0) is 48.2 Å². The number of carbonyl (C=O) groups excluding carboxylic acids is 1. The summed E-state index contributed by atoms with van der Waals surface area (Å²) in [6.45, 7) is 1.83. The van der Waals surface area contributed by atoms with Crippen LogP contribution in [0.4, 0.5) is 10.1 Å². The van der Waals surface area contributed by atoms with Gasteiger partial charge in [0.25, 0.3) is 15.9 Å². The van der Waals surface area contributed by atoms with E-state index in [0.29, 0.717) is 34.7 Å². The third kappa shape index (κ3) is 4.92. The number of rotatable bonds is 8. The highest BCUT2D eigenvalue weighted by atomic mass is 32.2. The fourth-order valence-electron chi connectivity index (χ4n) is 4.19. The topological polar surface area (TPSA) is 84.9 Å². The molecule has 1 amide bonds. The Hall–Kier alpha value is -3.85. The minimum Gasteiger partial charge on any atom is -0.493 e. The van der Waals surface area contributed by atoms with Crippen LogP contribution in [-0.4, -0.2) is 35.1 Å². The first-order valence-electron chi connectivity index (χ1n) is 11.3. The second-order valence-electron chi connectivity index (χ2n) is 8.31. The van der Waals surface area contributed by atoms with Crippen molar-refractivity contribution in [2.45, 2.75) is 19.9 Å². The number of hydrogen-bond donors (Lipinski definition) is 1. The molecule has 0 aliphatic carbocycles. The van der Waals surface area contributed by atoms with E-state index in [1.807, 2.05) is 30.3 Å². The highest BCUT2D eigenvalue weighted by molar-refractivity contribution is 7.97. The minimum atomic E-state index is -4.21. The van der Waals surface area contributed by atoms with Crippen LogP contribution in [0.5, 0.6) is 11.5 Å². The Morgan fingerprint density at radius 2 is 1.58 bits per heavy atom. The molecule has 0 saturated carbocycles. The third-order valence-electron chi connectivity index (χ3n) is 6.05. The molecule has 9 heteroatoms. The SMILES string of the molecule is COc1cc2c(cc1OC)N(Cc1ccccc1)S(=O)(=O)C(C(=O)NCCc1ccc(F)cc1)=C2C. The number of allylic oxidation sites excluding steroid dienone is 1. The molecular weight excluding hydrogens is 483 g/mol.